The lowest BCUT2D eigenvalue weighted by atomic mass is 10.0. The smallest absolute Gasteiger partial charge is 0.140 e. The molecule has 0 aromatic rings. The molecule has 0 aromatic heterocycles. The maximum atomic E-state index is 10.3. The quantitative estimate of drug-likeness (QED) is 0.344. The standard InChI is InChI=1S/C16H33O2S/c1-2-3-4-5-6-7-8-9-10-11-12-13-14-15-16-19(17)18/h15,19H,2-14,16H2,1H3. The Balaban J connectivity index is 2.95. The molecular weight excluding hydrogens is 256 g/mol. The minimum absolute atomic E-state index is 0.257. The fourth-order valence-electron chi connectivity index (χ4n) is 2.33. The second-order valence-electron chi connectivity index (χ2n) is 5.48. The summed E-state index contributed by atoms with van der Waals surface area (Å²) in [5.41, 5.74) is 0. The molecule has 0 aromatic carbocycles. The maximum Gasteiger partial charge on any atom is 0.140 e. The van der Waals surface area contributed by atoms with Crippen molar-refractivity contribution in [2.75, 3.05) is 5.75 Å². The van der Waals surface area contributed by atoms with Crippen molar-refractivity contribution in [3.05, 3.63) is 6.42 Å². The zero-order chi connectivity index (χ0) is 14.2. The molecule has 0 spiro atoms. The van der Waals surface area contributed by atoms with Gasteiger partial charge in [-0.2, -0.15) is 0 Å². The molecule has 0 bridgehead atoms. The molecule has 0 rings (SSSR count). The van der Waals surface area contributed by atoms with Crippen LogP contribution in [0.25, 0.3) is 0 Å². The van der Waals surface area contributed by atoms with Gasteiger partial charge in [-0.25, -0.2) is 8.42 Å². The van der Waals surface area contributed by atoms with E-state index in [1.54, 1.807) is 0 Å². The van der Waals surface area contributed by atoms with E-state index in [9.17, 15) is 8.42 Å². The molecule has 0 saturated heterocycles. The van der Waals surface area contributed by atoms with Crippen LogP contribution in [-0.4, -0.2) is 14.2 Å². The zero-order valence-electron chi connectivity index (χ0n) is 12.7. The molecule has 19 heavy (non-hydrogen) atoms. The molecule has 0 aliphatic rings. The van der Waals surface area contributed by atoms with Crippen LogP contribution >= 0.6 is 0 Å². The monoisotopic (exact) mass is 289 g/mol. The highest BCUT2D eigenvalue weighted by atomic mass is 32.2. The molecule has 2 nitrogen and oxygen atoms in total. The lowest BCUT2D eigenvalue weighted by molar-refractivity contribution is 0.543. The Morgan fingerprint density at radius 2 is 1.11 bits per heavy atom. The van der Waals surface area contributed by atoms with Crippen LogP contribution in [-0.2, 0) is 10.7 Å². The first-order valence-electron chi connectivity index (χ1n) is 8.20. The molecule has 0 saturated carbocycles. The average Bonchev–Trinajstić information content (AvgIpc) is 2.39. The van der Waals surface area contributed by atoms with E-state index in [0.29, 0.717) is 0 Å². The molecule has 0 atom stereocenters. The molecule has 0 N–H and O–H groups in total. The van der Waals surface area contributed by atoms with E-state index < -0.39 is 10.7 Å². The van der Waals surface area contributed by atoms with E-state index in [4.69, 9.17) is 0 Å². The molecule has 0 unspecified atom stereocenters. The van der Waals surface area contributed by atoms with Crippen molar-refractivity contribution in [3.8, 4) is 0 Å². The lowest BCUT2D eigenvalue weighted by Crippen LogP contribution is -1.89. The SMILES string of the molecule is CCCCCCCCCCCCCC[CH]C[SH](=O)=O. The fraction of sp³-hybridized carbons (Fsp3) is 0.938. The molecule has 3 heteroatoms. The highest BCUT2D eigenvalue weighted by molar-refractivity contribution is 7.72. The van der Waals surface area contributed by atoms with Crippen LogP contribution in [0.1, 0.15) is 90.4 Å². The first-order chi connectivity index (χ1) is 9.27. The van der Waals surface area contributed by atoms with Gasteiger partial charge in [0.05, 0.1) is 5.75 Å². The summed E-state index contributed by atoms with van der Waals surface area (Å²) < 4.78 is 20.6. The average molecular weight is 290 g/mol. The van der Waals surface area contributed by atoms with E-state index in [0.717, 1.165) is 12.8 Å². The van der Waals surface area contributed by atoms with Gasteiger partial charge in [-0.05, 0) is 12.8 Å². The Bertz CT molecular complexity index is 229. The summed E-state index contributed by atoms with van der Waals surface area (Å²) in [5.74, 6) is 0.257. The van der Waals surface area contributed by atoms with Gasteiger partial charge in [-0.3, -0.25) is 0 Å². The number of thiol groups is 1. The van der Waals surface area contributed by atoms with Crippen LogP contribution in [0, 0.1) is 6.42 Å². The van der Waals surface area contributed by atoms with Gasteiger partial charge in [-0.15, -0.1) is 0 Å². The molecule has 115 valence electrons. The van der Waals surface area contributed by atoms with Gasteiger partial charge in [0.15, 0.2) is 0 Å². The Morgan fingerprint density at radius 3 is 1.53 bits per heavy atom. The van der Waals surface area contributed by atoms with Crippen molar-refractivity contribution in [1.29, 1.82) is 0 Å². The summed E-state index contributed by atoms with van der Waals surface area (Å²) in [6.07, 6.45) is 19.1. The molecular formula is C16H33O2S. The van der Waals surface area contributed by atoms with Gasteiger partial charge in [0, 0.05) is 0 Å². The van der Waals surface area contributed by atoms with Crippen molar-refractivity contribution in [3.63, 3.8) is 0 Å². The van der Waals surface area contributed by atoms with Crippen LogP contribution in [0.5, 0.6) is 0 Å². The largest absolute Gasteiger partial charge is 0.232 e. The summed E-state index contributed by atoms with van der Waals surface area (Å²) in [4.78, 5) is 0. The molecule has 0 aliphatic carbocycles. The van der Waals surface area contributed by atoms with E-state index in [1.165, 1.54) is 70.6 Å². The van der Waals surface area contributed by atoms with E-state index in [1.807, 2.05) is 6.42 Å². The van der Waals surface area contributed by atoms with E-state index >= 15 is 0 Å². The van der Waals surface area contributed by atoms with Crippen LogP contribution in [0.15, 0.2) is 0 Å². The van der Waals surface area contributed by atoms with Crippen molar-refractivity contribution < 1.29 is 8.42 Å². The molecule has 1 radical (unpaired) electrons. The van der Waals surface area contributed by atoms with Gasteiger partial charge in [0.1, 0.15) is 10.7 Å². The van der Waals surface area contributed by atoms with Gasteiger partial charge < -0.3 is 0 Å². The molecule has 0 amide bonds. The lowest BCUT2D eigenvalue weighted by Gasteiger charge is -2.02. The fourth-order valence-corrected chi connectivity index (χ4v) is 2.72. The van der Waals surface area contributed by atoms with E-state index in [-0.39, 0.29) is 5.75 Å². The number of unbranched alkanes of at least 4 members (excludes halogenated alkanes) is 13. The summed E-state index contributed by atoms with van der Waals surface area (Å²) in [5, 5.41) is 0. The predicted molar refractivity (Wildman–Crippen MR) is 85.2 cm³/mol. The van der Waals surface area contributed by atoms with Gasteiger partial charge in [0.25, 0.3) is 0 Å². The van der Waals surface area contributed by atoms with Crippen LogP contribution in [0.2, 0.25) is 0 Å². The number of hydrogen-bond donors (Lipinski definition) is 1. The Morgan fingerprint density at radius 1 is 0.684 bits per heavy atom. The van der Waals surface area contributed by atoms with Crippen LogP contribution in [0.3, 0.4) is 0 Å². The topological polar surface area (TPSA) is 34.1 Å². The van der Waals surface area contributed by atoms with Crippen molar-refractivity contribution in [2.24, 2.45) is 0 Å². The summed E-state index contributed by atoms with van der Waals surface area (Å²) in [6.45, 7) is 2.26. The first-order valence-corrected chi connectivity index (χ1v) is 9.57. The second kappa shape index (κ2) is 16.0. The predicted octanol–water partition coefficient (Wildman–Crippen LogP) is 4.89. The summed E-state index contributed by atoms with van der Waals surface area (Å²) in [6, 6.07) is 0. The summed E-state index contributed by atoms with van der Waals surface area (Å²) >= 11 is 0. The van der Waals surface area contributed by atoms with Gasteiger partial charge >= 0.3 is 0 Å². The minimum atomic E-state index is -2.20. The Hall–Kier alpha value is -0.0500. The van der Waals surface area contributed by atoms with Crippen molar-refractivity contribution in [2.45, 2.75) is 90.4 Å². The molecule has 0 heterocycles. The number of rotatable bonds is 15. The third-order valence-electron chi connectivity index (χ3n) is 3.54. The third kappa shape index (κ3) is 17.9. The Labute approximate surface area is 122 Å². The van der Waals surface area contributed by atoms with Crippen molar-refractivity contribution in [1.82, 2.24) is 0 Å². The van der Waals surface area contributed by atoms with Crippen LogP contribution in [0.4, 0.5) is 0 Å². The molecule has 0 fully saturated rings. The highest BCUT2D eigenvalue weighted by Crippen LogP contribution is 2.12. The highest BCUT2D eigenvalue weighted by Gasteiger charge is 1.94. The van der Waals surface area contributed by atoms with Crippen LogP contribution < -0.4 is 0 Å². The van der Waals surface area contributed by atoms with Crippen molar-refractivity contribution >= 4 is 10.7 Å². The summed E-state index contributed by atoms with van der Waals surface area (Å²) in [7, 11) is -2.20. The number of hydrogen-bond acceptors (Lipinski definition) is 2. The van der Waals surface area contributed by atoms with E-state index in [2.05, 4.69) is 6.92 Å². The Kier molecular flexibility index (Phi) is 16.0. The van der Waals surface area contributed by atoms with Gasteiger partial charge in [-0.1, -0.05) is 84.0 Å². The van der Waals surface area contributed by atoms with Gasteiger partial charge in [0.2, 0.25) is 0 Å². The maximum absolute atomic E-state index is 10.3. The normalized spacial score (nSPS) is 11.3. The zero-order valence-corrected chi connectivity index (χ0v) is 13.6. The first kappa shape index (κ1) is 18.9. The minimum Gasteiger partial charge on any atom is -0.232 e. The molecule has 0 aliphatic heterocycles. The second-order valence-corrected chi connectivity index (χ2v) is 6.51. The third-order valence-corrected chi connectivity index (χ3v) is 4.10.